The Morgan fingerprint density at radius 1 is 1.29 bits per heavy atom. The van der Waals surface area contributed by atoms with E-state index in [1.165, 1.54) is 23.5 Å². The van der Waals surface area contributed by atoms with E-state index in [1.54, 1.807) is 0 Å². The Kier molecular flexibility index (Phi) is 2.90. The van der Waals surface area contributed by atoms with Crippen LogP contribution in [0.4, 0.5) is 0 Å². The third-order valence-corrected chi connectivity index (χ3v) is 6.71. The van der Waals surface area contributed by atoms with Crippen molar-refractivity contribution in [3.8, 4) is 0 Å². The molecule has 0 aromatic heterocycles. The number of allylic oxidation sites excluding steroid dienone is 2. The van der Waals surface area contributed by atoms with E-state index in [0.717, 1.165) is 6.16 Å². The van der Waals surface area contributed by atoms with Gasteiger partial charge in [-0.2, -0.15) is 0 Å². The molecule has 0 N–H and O–H groups in total. The monoisotopic (exact) mass is 222 g/mol. The zero-order valence-corrected chi connectivity index (χ0v) is 10.2. The van der Waals surface area contributed by atoms with Crippen LogP contribution in [0.5, 0.6) is 0 Å². The van der Waals surface area contributed by atoms with Gasteiger partial charge in [0.25, 0.3) is 0 Å². The van der Waals surface area contributed by atoms with Crippen LogP contribution in [-0.4, -0.2) is 12.3 Å². The summed E-state index contributed by atoms with van der Waals surface area (Å²) in [5.74, 6) is 0. The van der Waals surface area contributed by atoms with Gasteiger partial charge in [0.1, 0.15) is 0 Å². The van der Waals surface area contributed by atoms with Gasteiger partial charge in [0.2, 0.25) is 0 Å². The molecule has 1 aliphatic heterocycles. The van der Waals surface area contributed by atoms with Crippen molar-refractivity contribution in [3.63, 3.8) is 0 Å². The molecule has 74 valence electrons. The quantitative estimate of drug-likeness (QED) is 0.544. The lowest BCUT2D eigenvalue weighted by atomic mass is 10.2. The van der Waals surface area contributed by atoms with Gasteiger partial charge in [0.05, 0.1) is 0 Å². The summed E-state index contributed by atoms with van der Waals surface area (Å²) < 4.78 is 0. The molecule has 2 rings (SSSR count). The first-order valence-corrected chi connectivity index (χ1v) is 8.30. The number of benzene rings is 1. The van der Waals surface area contributed by atoms with Gasteiger partial charge < -0.3 is 0 Å². The molecular formula is C12H15PS. The first-order chi connectivity index (χ1) is 6.68. The standard InChI is InChI=1S/C12H15PS/c1-11-7-8-13(14,9-11)10-12-5-3-2-4-6-12/h2-7H,8-10H2,1H3. The summed E-state index contributed by atoms with van der Waals surface area (Å²) in [6.45, 7) is 2.21. The predicted octanol–water partition coefficient (Wildman–Crippen LogP) is 3.63. The molecule has 1 atom stereocenters. The molecule has 1 aliphatic rings. The highest BCUT2D eigenvalue weighted by molar-refractivity contribution is 8.14. The summed E-state index contributed by atoms with van der Waals surface area (Å²) in [6, 6.07) is 9.56. The number of hydrogen-bond acceptors (Lipinski definition) is 1. The van der Waals surface area contributed by atoms with Crippen LogP contribution in [0.3, 0.4) is 0 Å². The maximum atomic E-state index is 5.78. The van der Waals surface area contributed by atoms with E-state index in [1.807, 2.05) is 0 Å². The first kappa shape index (κ1) is 10.1. The second-order valence-corrected chi connectivity index (χ2v) is 9.53. The molecule has 1 heterocycles. The first-order valence-electron chi connectivity index (χ1n) is 4.95. The highest BCUT2D eigenvalue weighted by Crippen LogP contribution is 2.54. The zero-order valence-electron chi connectivity index (χ0n) is 8.44. The smallest absolute Gasteiger partial charge is 0.00233 e. The van der Waals surface area contributed by atoms with Crippen molar-refractivity contribution in [3.05, 3.63) is 47.5 Å². The van der Waals surface area contributed by atoms with Crippen molar-refractivity contribution in [2.24, 2.45) is 0 Å². The lowest BCUT2D eigenvalue weighted by Crippen LogP contribution is -1.91. The Morgan fingerprint density at radius 2 is 2.00 bits per heavy atom. The molecule has 0 nitrogen and oxygen atoms in total. The van der Waals surface area contributed by atoms with Crippen LogP contribution in [0.2, 0.25) is 0 Å². The largest absolute Gasteiger partial charge is 0.0965 e. The van der Waals surface area contributed by atoms with Crippen molar-refractivity contribution >= 4 is 17.8 Å². The lowest BCUT2D eigenvalue weighted by molar-refractivity contribution is 1.36. The van der Waals surface area contributed by atoms with E-state index < -0.39 is 6.04 Å². The molecule has 0 fully saturated rings. The molecule has 1 aromatic carbocycles. The van der Waals surface area contributed by atoms with Gasteiger partial charge in [-0.25, -0.2) is 0 Å². The summed E-state index contributed by atoms with van der Waals surface area (Å²) in [5, 5.41) is 0. The molecule has 0 radical (unpaired) electrons. The van der Waals surface area contributed by atoms with Crippen molar-refractivity contribution in [1.29, 1.82) is 0 Å². The van der Waals surface area contributed by atoms with Crippen LogP contribution in [0.15, 0.2) is 42.0 Å². The highest BCUT2D eigenvalue weighted by Gasteiger charge is 2.21. The van der Waals surface area contributed by atoms with E-state index in [2.05, 4.69) is 43.3 Å². The number of rotatable bonds is 2. The summed E-state index contributed by atoms with van der Waals surface area (Å²) in [6.07, 6.45) is 5.83. The van der Waals surface area contributed by atoms with Crippen LogP contribution in [0.1, 0.15) is 12.5 Å². The fourth-order valence-electron chi connectivity index (χ4n) is 1.94. The normalized spacial score (nSPS) is 26.2. The lowest BCUT2D eigenvalue weighted by Gasteiger charge is -2.15. The van der Waals surface area contributed by atoms with E-state index >= 15 is 0 Å². The topological polar surface area (TPSA) is 0 Å². The third kappa shape index (κ3) is 2.34. The van der Waals surface area contributed by atoms with Crippen LogP contribution in [0, 0.1) is 0 Å². The minimum Gasteiger partial charge on any atom is -0.0965 e. The second kappa shape index (κ2) is 4.00. The average Bonchev–Trinajstić information content (AvgIpc) is 2.47. The van der Waals surface area contributed by atoms with Gasteiger partial charge in [-0.15, -0.1) is 0 Å². The predicted molar refractivity (Wildman–Crippen MR) is 67.9 cm³/mol. The highest BCUT2D eigenvalue weighted by atomic mass is 32.4. The van der Waals surface area contributed by atoms with Crippen LogP contribution in [0.25, 0.3) is 0 Å². The number of hydrogen-bond donors (Lipinski definition) is 0. The van der Waals surface area contributed by atoms with Crippen molar-refractivity contribution in [2.75, 3.05) is 12.3 Å². The van der Waals surface area contributed by atoms with Crippen molar-refractivity contribution in [2.45, 2.75) is 13.1 Å². The maximum absolute atomic E-state index is 5.78. The SMILES string of the molecule is CC1=CCP(=S)(Cc2ccccc2)C1. The van der Waals surface area contributed by atoms with Gasteiger partial charge in [-0.3, -0.25) is 0 Å². The summed E-state index contributed by atoms with van der Waals surface area (Å²) in [5.41, 5.74) is 2.92. The second-order valence-electron chi connectivity index (χ2n) is 4.09. The van der Waals surface area contributed by atoms with Crippen molar-refractivity contribution < 1.29 is 0 Å². The van der Waals surface area contributed by atoms with Gasteiger partial charge in [-0.1, -0.05) is 53.8 Å². The fourth-order valence-corrected chi connectivity index (χ4v) is 6.15. The van der Waals surface area contributed by atoms with E-state index in [0.29, 0.717) is 0 Å². The molecule has 0 aliphatic carbocycles. The van der Waals surface area contributed by atoms with E-state index in [9.17, 15) is 0 Å². The van der Waals surface area contributed by atoms with Crippen LogP contribution < -0.4 is 0 Å². The molecule has 1 aromatic rings. The summed E-state index contributed by atoms with van der Waals surface area (Å²) >= 11 is 5.78. The summed E-state index contributed by atoms with van der Waals surface area (Å²) in [7, 11) is 0. The molecule has 0 saturated heterocycles. The molecule has 0 saturated carbocycles. The Bertz CT molecular complexity index is 392. The fraction of sp³-hybridized carbons (Fsp3) is 0.333. The zero-order chi connectivity index (χ0) is 10.0. The molecular weight excluding hydrogens is 207 g/mol. The Hall–Kier alpha value is -0.390. The van der Waals surface area contributed by atoms with Gasteiger partial charge in [0.15, 0.2) is 0 Å². The molecule has 0 spiro atoms. The van der Waals surface area contributed by atoms with Gasteiger partial charge in [-0.05, 0) is 30.8 Å². The molecule has 1 unspecified atom stereocenters. The van der Waals surface area contributed by atoms with Gasteiger partial charge in [0, 0.05) is 6.16 Å². The molecule has 0 amide bonds. The molecule has 2 heteroatoms. The Morgan fingerprint density at radius 3 is 2.57 bits per heavy atom. The van der Waals surface area contributed by atoms with Crippen LogP contribution >= 0.6 is 6.04 Å². The van der Waals surface area contributed by atoms with Crippen molar-refractivity contribution in [1.82, 2.24) is 0 Å². The Balaban J connectivity index is 2.10. The van der Waals surface area contributed by atoms with Gasteiger partial charge >= 0.3 is 0 Å². The minimum atomic E-state index is -1.11. The minimum absolute atomic E-state index is 1.11. The van der Waals surface area contributed by atoms with E-state index in [-0.39, 0.29) is 0 Å². The Labute approximate surface area is 91.0 Å². The van der Waals surface area contributed by atoms with Crippen LogP contribution in [-0.2, 0) is 18.0 Å². The maximum Gasteiger partial charge on any atom is 0.00233 e. The van der Waals surface area contributed by atoms with E-state index in [4.69, 9.17) is 11.8 Å². The average molecular weight is 222 g/mol. The molecule has 0 bridgehead atoms. The third-order valence-electron chi connectivity index (χ3n) is 2.62. The molecule has 14 heavy (non-hydrogen) atoms. The summed E-state index contributed by atoms with van der Waals surface area (Å²) in [4.78, 5) is 0.